The molecule has 0 fully saturated rings. The van der Waals surface area contributed by atoms with E-state index in [1.54, 1.807) is 17.4 Å². The highest BCUT2D eigenvalue weighted by Gasteiger charge is 2.11. The second kappa shape index (κ2) is 3.55. The summed E-state index contributed by atoms with van der Waals surface area (Å²) in [6.45, 7) is 1.96. The van der Waals surface area contributed by atoms with Gasteiger partial charge in [0.05, 0.1) is 12.7 Å². The monoisotopic (exact) mass is 222 g/mol. The highest BCUT2D eigenvalue weighted by atomic mass is 32.1. The molecular formula is C11H10O3S. The van der Waals surface area contributed by atoms with E-state index in [-0.39, 0.29) is 5.75 Å². The van der Waals surface area contributed by atoms with E-state index in [9.17, 15) is 9.90 Å². The molecule has 1 aromatic heterocycles. The van der Waals surface area contributed by atoms with Gasteiger partial charge in [-0.3, -0.25) is 0 Å². The topological polar surface area (TPSA) is 46.5 Å². The fourth-order valence-corrected chi connectivity index (χ4v) is 2.47. The zero-order valence-electron chi connectivity index (χ0n) is 8.40. The third-order valence-electron chi connectivity index (χ3n) is 2.16. The van der Waals surface area contributed by atoms with Crippen molar-refractivity contribution in [2.75, 3.05) is 7.11 Å². The maximum absolute atomic E-state index is 11.3. The first-order valence-corrected chi connectivity index (χ1v) is 5.25. The van der Waals surface area contributed by atoms with E-state index in [0.717, 1.165) is 15.0 Å². The maximum Gasteiger partial charge on any atom is 0.338 e. The molecule has 78 valence electrons. The van der Waals surface area contributed by atoms with Crippen LogP contribution < -0.4 is 0 Å². The predicted octanol–water partition coefficient (Wildman–Crippen LogP) is 2.70. The van der Waals surface area contributed by atoms with Crippen molar-refractivity contribution in [2.45, 2.75) is 6.92 Å². The van der Waals surface area contributed by atoms with Gasteiger partial charge in [-0.2, -0.15) is 0 Å². The van der Waals surface area contributed by atoms with Gasteiger partial charge in [0.25, 0.3) is 0 Å². The summed E-state index contributed by atoms with van der Waals surface area (Å²) in [4.78, 5) is 12.4. The molecule has 3 nitrogen and oxygen atoms in total. The van der Waals surface area contributed by atoms with Crippen molar-refractivity contribution in [1.29, 1.82) is 0 Å². The highest BCUT2D eigenvalue weighted by Crippen LogP contribution is 2.33. The molecule has 0 amide bonds. The first-order valence-electron chi connectivity index (χ1n) is 4.43. The van der Waals surface area contributed by atoms with Gasteiger partial charge in [-0.25, -0.2) is 4.79 Å². The lowest BCUT2D eigenvalue weighted by Gasteiger charge is -2.00. The van der Waals surface area contributed by atoms with E-state index in [0.29, 0.717) is 5.56 Å². The van der Waals surface area contributed by atoms with E-state index < -0.39 is 5.97 Å². The van der Waals surface area contributed by atoms with Gasteiger partial charge >= 0.3 is 5.97 Å². The van der Waals surface area contributed by atoms with Crippen LogP contribution in [0.2, 0.25) is 0 Å². The lowest BCUT2D eigenvalue weighted by molar-refractivity contribution is 0.0600. The fraction of sp³-hybridized carbons (Fsp3) is 0.182. The molecule has 15 heavy (non-hydrogen) atoms. The molecule has 0 aliphatic heterocycles. The Hall–Kier alpha value is -1.55. The van der Waals surface area contributed by atoms with Gasteiger partial charge in [-0.15, -0.1) is 11.3 Å². The number of aryl methyl sites for hydroxylation is 1. The molecule has 2 rings (SSSR count). The van der Waals surface area contributed by atoms with Crippen molar-refractivity contribution in [2.24, 2.45) is 0 Å². The minimum Gasteiger partial charge on any atom is -0.507 e. The predicted molar refractivity (Wildman–Crippen MR) is 59.6 cm³/mol. The molecule has 1 heterocycles. The van der Waals surface area contributed by atoms with Crippen LogP contribution in [0.25, 0.3) is 10.1 Å². The number of fused-ring (bicyclic) bond motifs is 1. The molecule has 1 N–H and O–H groups in total. The minimum absolute atomic E-state index is 0.122. The summed E-state index contributed by atoms with van der Waals surface area (Å²) in [6.07, 6.45) is 0. The average molecular weight is 222 g/mol. The molecule has 2 aromatic rings. The van der Waals surface area contributed by atoms with Gasteiger partial charge in [-0.1, -0.05) is 0 Å². The van der Waals surface area contributed by atoms with Gasteiger partial charge in [0.2, 0.25) is 0 Å². The number of thiophene rings is 1. The number of carbonyl (C=O) groups is 1. The Balaban J connectivity index is 2.66. The molecule has 0 radical (unpaired) electrons. The van der Waals surface area contributed by atoms with Crippen LogP contribution in [0, 0.1) is 6.92 Å². The van der Waals surface area contributed by atoms with Gasteiger partial charge in [-0.05, 0) is 25.1 Å². The summed E-state index contributed by atoms with van der Waals surface area (Å²) < 4.78 is 5.50. The number of hydrogen-bond donors (Lipinski definition) is 1. The SMILES string of the molecule is COC(=O)c1cc(O)c2cc(C)sc2c1. The van der Waals surface area contributed by atoms with Gasteiger partial charge in [0.15, 0.2) is 0 Å². The van der Waals surface area contributed by atoms with Gasteiger partial charge < -0.3 is 9.84 Å². The smallest absolute Gasteiger partial charge is 0.338 e. The third-order valence-corrected chi connectivity index (χ3v) is 3.16. The van der Waals surface area contributed by atoms with E-state index >= 15 is 0 Å². The summed E-state index contributed by atoms with van der Waals surface area (Å²) in [6, 6.07) is 5.06. The number of esters is 1. The van der Waals surface area contributed by atoms with Crippen LogP contribution in [0.3, 0.4) is 0 Å². The Morgan fingerprint density at radius 3 is 2.80 bits per heavy atom. The van der Waals surface area contributed by atoms with Crippen LogP contribution in [0.5, 0.6) is 5.75 Å². The number of rotatable bonds is 1. The average Bonchev–Trinajstić information content (AvgIpc) is 2.58. The summed E-state index contributed by atoms with van der Waals surface area (Å²) >= 11 is 1.54. The van der Waals surface area contributed by atoms with Crippen molar-refractivity contribution in [3.8, 4) is 5.75 Å². The Bertz CT molecular complexity index is 528. The number of carbonyl (C=O) groups excluding carboxylic acids is 1. The van der Waals surface area contributed by atoms with E-state index in [4.69, 9.17) is 0 Å². The molecular weight excluding hydrogens is 212 g/mol. The minimum atomic E-state index is -0.432. The van der Waals surface area contributed by atoms with Crippen molar-refractivity contribution < 1.29 is 14.6 Å². The molecule has 0 aliphatic carbocycles. The summed E-state index contributed by atoms with van der Waals surface area (Å²) in [5, 5.41) is 10.5. The largest absolute Gasteiger partial charge is 0.507 e. The Kier molecular flexibility index (Phi) is 2.36. The van der Waals surface area contributed by atoms with Gasteiger partial charge in [0, 0.05) is 15.0 Å². The number of phenolic OH excluding ortho intramolecular Hbond substituents is 1. The number of ether oxygens (including phenoxy) is 1. The third kappa shape index (κ3) is 1.68. The number of aromatic hydroxyl groups is 1. The summed E-state index contributed by atoms with van der Waals surface area (Å²) in [7, 11) is 1.32. The first kappa shape index (κ1) is 9.98. The van der Waals surface area contributed by atoms with Crippen LogP contribution in [0.15, 0.2) is 18.2 Å². The van der Waals surface area contributed by atoms with Crippen molar-refractivity contribution in [3.05, 3.63) is 28.6 Å². The van der Waals surface area contributed by atoms with E-state index in [1.807, 2.05) is 13.0 Å². The molecule has 0 unspecified atom stereocenters. The number of methoxy groups -OCH3 is 1. The van der Waals surface area contributed by atoms with Crippen LogP contribution in [0.4, 0.5) is 0 Å². The Morgan fingerprint density at radius 1 is 1.40 bits per heavy atom. The molecule has 0 saturated carbocycles. The van der Waals surface area contributed by atoms with Crippen molar-refractivity contribution >= 4 is 27.4 Å². The van der Waals surface area contributed by atoms with Crippen LogP contribution >= 0.6 is 11.3 Å². The lowest BCUT2D eigenvalue weighted by atomic mass is 10.1. The van der Waals surface area contributed by atoms with Crippen LogP contribution in [-0.4, -0.2) is 18.2 Å². The van der Waals surface area contributed by atoms with E-state index in [1.165, 1.54) is 13.2 Å². The fourth-order valence-electron chi connectivity index (χ4n) is 1.48. The van der Waals surface area contributed by atoms with Crippen LogP contribution in [-0.2, 0) is 4.74 Å². The zero-order chi connectivity index (χ0) is 11.0. The summed E-state index contributed by atoms with van der Waals surface area (Å²) in [5.41, 5.74) is 0.379. The quantitative estimate of drug-likeness (QED) is 0.754. The molecule has 0 bridgehead atoms. The van der Waals surface area contributed by atoms with Crippen molar-refractivity contribution in [1.82, 2.24) is 0 Å². The number of phenols is 1. The zero-order valence-corrected chi connectivity index (χ0v) is 9.22. The second-order valence-corrected chi connectivity index (χ2v) is 4.54. The van der Waals surface area contributed by atoms with Crippen molar-refractivity contribution in [3.63, 3.8) is 0 Å². The summed E-state index contributed by atoms with van der Waals surface area (Å²) in [5.74, 6) is -0.310. The number of hydrogen-bond acceptors (Lipinski definition) is 4. The molecule has 0 atom stereocenters. The number of benzene rings is 1. The molecule has 1 aromatic carbocycles. The Morgan fingerprint density at radius 2 is 2.13 bits per heavy atom. The van der Waals surface area contributed by atoms with Crippen LogP contribution in [0.1, 0.15) is 15.2 Å². The first-order chi connectivity index (χ1) is 7.11. The highest BCUT2D eigenvalue weighted by molar-refractivity contribution is 7.19. The standard InChI is InChI=1S/C11H10O3S/c1-6-3-8-9(12)4-7(11(13)14-2)5-10(8)15-6/h3-5,12H,1-2H3. The second-order valence-electron chi connectivity index (χ2n) is 3.26. The molecule has 0 saturated heterocycles. The molecule has 0 spiro atoms. The van der Waals surface area contributed by atoms with Gasteiger partial charge in [0.1, 0.15) is 5.75 Å². The molecule has 4 heteroatoms. The normalized spacial score (nSPS) is 10.5. The van der Waals surface area contributed by atoms with E-state index in [2.05, 4.69) is 4.74 Å². The molecule has 0 aliphatic rings. The maximum atomic E-state index is 11.3. The lowest BCUT2D eigenvalue weighted by Crippen LogP contribution is -2.00. The Labute approximate surface area is 90.9 Å².